The number of imidazole rings is 1. The van der Waals surface area contributed by atoms with E-state index < -0.39 is 0 Å². The van der Waals surface area contributed by atoms with Crippen molar-refractivity contribution in [3.8, 4) is 17.0 Å². The van der Waals surface area contributed by atoms with E-state index in [1.165, 1.54) is 12.1 Å². The number of anilines is 1. The number of nitrogens with zero attached hydrogens (tertiary/aromatic N) is 2. The van der Waals surface area contributed by atoms with Crippen LogP contribution in [0.5, 0.6) is 5.75 Å². The van der Waals surface area contributed by atoms with Crippen LogP contribution in [0.2, 0.25) is 0 Å². The summed E-state index contributed by atoms with van der Waals surface area (Å²) in [4.78, 5) is 4.51. The van der Waals surface area contributed by atoms with Gasteiger partial charge in [-0.05, 0) is 48.9 Å². The number of benzene rings is 2. The highest BCUT2D eigenvalue weighted by Crippen LogP contribution is 2.25. The van der Waals surface area contributed by atoms with Crippen LogP contribution in [0.1, 0.15) is 12.5 Å². The largest absolute Gasteiger partial charge is 0.494 e. The van der Waals surface area contributed by atoms with Crippen molar-refractivity contribution in [2.75, 3.05) is 25.6 Å². The Morgan fingerprint density at radius 1 is 1.15 bits per heavy atom. The van der Waals surface area contributed by atoms with E-state index in [2.05, 4.69) is 14.9 Å². The normalized spacial score (nSPS) is 10.8. The Hall–Kier alpha value is -2.86. The highest BCUT2D eigenvalue weighted by atomic mass is 19.1. The Bertz CT molecular complexity index is 862. The molecule has 3 aromatic rings. The molecule has 0 saturated heterocycles. The molecule has 0 saturated carbocycles. The van der Waals surface area contributed by atoms with Gasteiger partial charge in [0.05, 0.1) is 25.1 Å². The SMILES string of the molecule is CCOc1ccc(-c2cnc(NCc3cccc(F)c3)n2CCOC)cc1. The van der Waals surface area contributed by atoms with Crippen LogP contribution >= 0.6 is 0 Å². The zero-order valence-corrected chi connectivity index (χ0v) is 15.6. The Kier molecular flexibility index (Phi) is 6.44. The molecule has 0 aliphatic heterocycles. The monoisotopic (exact) mass is 369 g/mol. The number of nitrogens with one attached hydrogen (secondary N) is 1. The molecule has 0 radical (unpaired) electrons. The zero-order chi connectivity index (χ0) is 19.1. The van der Waals surface area contributed by atoms with Crippen LogP contribution < -0.4 is 10.1 Å². The first-order valence-corrected chi connectivity index (χ1v) is 8.97. The molecule has 0 amide bonds. The third-order valence-corrected chi connectivity index (χ3v) is 4.18. The minimum atomic E-state index is -0.243. The standard InChI is InChI=1S/C21H24FN3O2/c1-3-27-19-9-7-17(8-10-19)20-15-24-21(25(20)11-12-26-2)23-14-16-5-4-6-18(22)13-16/h4-10,13,15H,3,11-12,14H2,1-2H3,(H,23,24). The molecule has 27 heavy (non-hydrogen) atoms. The van der Waals surface area contributed by atoms with Gasteiger partial charge in [-0.15, -0.1) is 0 Å². The topological polar surface area (TPSA) is 48.3 Å². The number of hydrogen-bond donors (Lipinski definition) is 1. The summed E-state index contributed by atoms with van der Waals surface area (Å²) in [6.45, 7) is 4.31. The van der Waals surface area contributed by atoms with Crippen LogP contribution in [0.15, 0.2) is 54.7 Å². The van der Waals surface area contributed by atoms with Crippen LogP contribution in [-0.4, -0.2) is 29.9 Å². The molecule has 5 nitrogen and oxygen atoms in total. The molecule has 3 rings (SSSR count). The molecule has 0 atom stereocenters. The van der Waals surface area contributed by atoms with Gasteiger partial charge < -0.3 is 19.4 Å². The fourth-order valence-electron chi connectivity index (χ4n) is 2.87. The van der Waals surface area contributed by atoms with Crippen LogP contribution in [0.4, 0.5) is 10.3 Å². The highest BCUT2D eigenvalue weighted by Gasteiger charge is 2.12. The predicted molar refractivity (Wildman–Crippen MR) is 104 cm³/mol. The van der Waals surface area contributed by atoms with Crippen LogP contribution in [-0.2, 0) is 17.8 Å². The van der Waals surface area contributed by atoms with Crippen LogP contribution in [0.25, 0.3) is 11.3 Å². The number of halogens is 1. The average molecular weight is 369 g/mol. The number of aromatic nitrogens is 2. The third-order valence-electron chi connectivity index (χ3n) is 4.18. The summed E-state index contributed by atoms with van der Waals surface area (Å²) in [6, 6.07) is 14.5. The third kappa shape index (κ3) is 4.86. The Morgan fingerprint density at radius 3 is 2.67 bits per heavy atom. The summed E-state index contributed by atoms with van der Waals surface area (Å²) in [7, 11) is 1.67. The van der Waals surface area contributed by atoms with Gasteiger partial charge in [-0.1, -0.05) is 12.1 Å². The zero-order valence-electron chi connectivity index (χ0n) is 15.6. The quantitative estimate of drug-likeness (QED) is 0.609. The summed E-state index contributed by atoms with van der Waals surface area (Å²) in [5.74, 6) is 1.32. The van der Waals surface area contributed by atoms with E-state index in [0.717, 1.165) is 28.5 Å². The average Bonchev–Trinajstić information content (AvgIpc) is 3.08. The molecule has 0 bridgehead atoms. The molecule has 0 fully saturated rings. The fourth-order valence-corrected chi connectivity index (χ4v) is 2.87. The van der Waals surface area contributed by atoms with Gasteiger partial charge in [-0.3, -0.25) is 0 Å². The highest BCUT2D eigenvalue weighted by molar-refractivity contribution is 5.62. The van der Waals surface area contributed by atoms with E-state index in [9.17, 15) is 4.39 Å². The van der Waals surface area contributed by atoms with Gasteiger partial charge in [-0.25, -0.2) is 9.37 Å². The van der Waals surface area contributed by atoms with Crippen molar-refractivity contribution in [2.45, 2.75) is 20.0 Å². The molecular formula is C21H24FN3O2. The summed E-state index contributed by atoms with van der Waals surface area (Å²) < 4.78 is 26.2. The van der Waals surface area contributed by atoms with Crippen molar-refractivity contribution in [3.05, 3.63) is 66.1 Å². The van der Waals surface area contributed by atoms with Gasteiger partial charge in [0, 0.05) is 25.8 Å². The second-order valence-electron chi connectivity index (χ2n) is 6.05. The molecule has 0 aliphatic carbocycles. The summed E-state index contributed by atoms with van der Waals surface area (Å²) in [6.07, 6.45) is 1.83. The van der Waals surface area contributed by atoms with E-state index in [1.54, 1.807) is 13.2 Å². The number of methoxy groups -OCH3 is 1. The number of ether oxygens (including phenoxy) is 2. The van der Waals surface area contributed by atoms with Gasteiger partial charge in [-0.2, -0.15) is 0 Å². The molecule has 1 heterocycles. The maximum absolute atomic E-state index is 13.4. The van der Waals surface area contributed by atoms with Crippen molar-refractivity contribution in [3.63, 3.8) is 0 Å². The lowest BCUT2D eigenvalue weighted by Crippen LogP contribution is -2.11. The maximum atomic E-state index is 13.4. The molecule has 0 spiro atoms. The summed E-state index contributed by atoms with van der Waals surface area (Å²) in [5.41, 5.74) is 2.89. The van der Waals surface area contributed by atoms with E-state index >= 15 is 0 Å². The maximum Gasteiger partial charge on any atom is 0.203 e. The van der Waals surface area contributed by atoms with Gasteiger partial charge in [0.15, 0.2) is 0 Å². The molecule has 142 valence electrons. The summed E-state index contributed by atoms with van der Waals surface area (Å²) >= 11 is 0. The first kappa shape index (κ1) is 18.9. The van der Waals surface area contributed by atoms with Crippen LogP contribution in [0, 0.1) is 5.82 Å². The van der Waals surface area contributed by atoms with E-state index in [4.69, 9.17) is 9.47 Å². The van der Waals surface area contributed by atoms with Crippen LogP contribution in [0.3, 0.4) is 0 Å². The minimum absolute atomic E-state index is 0.243. The Balaban J connectivity index is 1.82. The van der Waals surface area contributed by atoms with Gasteiger partial charge in [0.25, 0.3) is 0 Å². The van der Waals surface area contributed by atoms with Crippen molar-refractivity contribution in [1.29, 1.82) is 0 Å². The molecule has 1 N–H and O–H groups in total. The lowest BCUT2D eigenvalue weighted by atomic mass is 10.1. The lowest BCUT2D eigenvalue weighted by molar-refractivity contribution is 0.188. The van der Waals surface area contributed by atoms with Gasteiger partial charge in [0.1, 0.15) is 11.6 Å². The van der Waals surface area contributed by atoms with E-state index in [0.29, 0.717) is 26.3 Å². The molecule has 0 unspecified atom stereocenters. The Labute approximate surface area is 158 Å². The Morgan fingerprint density at radius 2 is 1.96 bits per heavy atom. The van der Waals surface area contributed by atoms with Crippen molar-refractivity contribution >= 4 is 5.95 Å². The fraction of sp³-hybridized carbons (Fsp3) is 0.286. The van der Waals surface area contributed by atoms with E-state index in [1.807, 2.05) is 43.5 Å². The van der Waals surface area contributed by atoms with Gasteiger partial charge >= 0.3 is 0 Å². The van der Waals surface area contributed by atoms with Crippen molar-refractivity contribution in [1.82, 2.24) is 9.55 Å². The molecule has 6 heteroatoms. The predicted octanol–water partition coefficient (Wildman–Crippen LogP) is 4.35. The number of hydrogen-bond acceptors (Lipinski definition) is 4. The van der Waals surface area contributed by atoms with Crippen molar-refractivity contribution < 1.29 is 13.9 Å². The lowest BCUT2D eigenvalue weighted by Gasteiger charge is -2.13. The van der Waals surface area contributed by atoms with Crippen molar-refractivity contribution in [2.24, 2.45) is 0 Å². The molecule has 2 aromatic carbocycles. The molecule has 1 aromatic heterocycles. The molecule has 0 aliphatic rings. The first-order chi connectivity index (χ1) is 13.2. The number of rotatable bonds is 9. The smallest absolute Gasteiger partial charge is 0.203 e. The summed E-state index contributed by atoms with van der Waals surface area (Å²) in [5, 5.41) is 3.29. The van der Waals surface area contributed by atoms with E-state index in [-0.39, 0.29) is 5.82 Å². The first-order valence-electron chi connectivity index (χ1n) is 8.97. The second kappa shape index (κ2) is 9.19. The van der Waals surface area contributed by atoms with Gasteiger partial charge in [0.2, 0.25) is 5.95 Å². The molecular weight excluding hydrogens is 345 g/mol. The minimum Gasteiger partial charge on any atom is -0.494 e. The second-order valence-corrected chi connectivity index (χ2v) is 6.05.